The molecule has 0 atom stereocenters. The third-order valence-electron chi connectivity index (χ3n) is 3.51. The first kappa shape index (κ1) is 15.8. The Morgan fingerprint density at radius 2 is 2.10 bits per heavy atom. The number of rotatable bonds is 7. The molecule has 1 aliphatic carbocycles. The van der Waals surface area contributed by atoms with Gasteiger partial charge in [0.2, 0.25) is 11.8 Å². The maximum Gasteiger partial charge on any atom is 0.240 e. The van der Waals surface area contributed by atoms with E-state index in [1.54, 1.807) is 31.4 Å². The number of methoxy groups -OCH3 is 1. The van der Waals surface area contributed by atoms with Crippen LogP contribution < -0.4 is 10.6 Å². The Balaban J connectivity index is 1.90. The second kappa shape index (κ2) is 6.91. The molecule has 0 aromatic heterocycles. The van der Waals surface area contributed by atoms with Gasteiger partial charge in [-0.15, -0.1) is 0 Å². The smallest absolute Gasteiger partial charge is 0.240 e. The van der Waals surface area contributed by atoms with E-state index in [1.165, 1.54) is 0 Å². The summed E-state index contributed by atoms with van der Waals surface area (Å²) in [5.74, 6) is -0.480. The topological polar surface area (TPSA) is 67.4 Å². The summed E-state index contributed by atoms with van der Waals surface area (Å²) in [6, 6.07) is 6.89. The zero-order chi connectivity index (χ0) is 15.3. The molecule has 1 aromatic carbocycles. The number of carbonyl (C=O) groups is 2. The van der Waals surface area contributed by atoms with Crippen molar-refractivity contribution in [1.82, 2.24) is 5.32 Å². The summed E-state index contributed by atoms with van der Waals surface area (Å²) < 4.78 is 4.92. The quantitative estimate of drug-likeness (QED) is 0.599. The minimum absolute atomic E-state index is 0.210. The van der Waals surface area contributed by atoms with Crippen molar-refractivity contribution in [1.29, 1.82) is 0 Å². The molecule has 21 heavy (non-hydrogen) atoms. The molecule has 0 unspecified atom stereocenters. The Morgan fingerprint density at radius 1 is 1.33 bits per heavy atom. The molecule has 114 valence electrons. The summed E-state index contributed by atoms with van der Waals surface area (Å²) in [4.78, 5) is 24.4. The summed E-state index contributed by atoms with van der Waals surface area (Å²) in [5, 5.41) is 6.09. The van der Waals surface area contributed by atoms with Gasteiger partial charge in [0.1, 0.15) is 5.41 Å². The molecule has 1 aromatic rings. The summed E-state index contributed by atoms with van der Waals surface area (Å²) >= 11 is 5.88. The van der Waals surface area contributed by atoms with E-state index in [1.807, 2.05) is 0 Å². The summed E-state index contributed by atoms with van der Waals surface area (Å²) in [6.45, 7) is 1.10. The largest absolute Gasteiger partial charge is 0.385 e. The molecule has 1 fully saturated rings. The van der Waals surface area contributed by atoms with Gasteiger partial charge in [0.15, 0.2) is 0 Å². The molecular formula is C15H19ClN2O3. The van der Waals surface area contributed by atoms with Crippen LogP contribution in [0.3, 0.4) is 0 Å². The highest BCUT2D eigenvalue weighted by atomic mass is 35.5. The molecule has 6 heteroatoms. The van der Waals surface area contributed by atoms with E-state index in [-0.39, 0.29) is 11.8 Å². The lowest BCUT2D eigenvalue weighted by atomic mass is 10.0. The highest BCUT2D eigenvalue weighted by Gasteiger charge is 2.56. The molecule has 0 bridgehead atoms. The van der Waals surface area contributed by atoms with Crippen molar-refractivity contribution in [2.24, 2.45) is 5.41 Å². The number of ether oxygens (including phenoxy) is 1. The van der Waals surface area contributed by atoms with Crippen molar-refractivity contribution in [2.45, 2.75) is 19.3 Å². The minimum Gasteiger partial charge on any atom is -0.385 e. The van der Waals surface area contributed by atoms with Gasteiger partial charge < -0.3 is 15.4 Å². The molecule has 1 saturated carbocycles. The molecule has 0 spiro atoms. The van der Waals surface area contributed by atoms with Gasteiger partial charge in [-0.1, -0.05) is 17.7 Å². The Kier molecular flexibility index (Phi) is 5.20. The highest BCUT2D eigenvalue weighted by Crippen LogP contribution is 2.46. The van der Waals surface area contributed by atoms with Gasteiger partial charge in [-0.2, -0.15) is 0 Å². The molecule has 1 aliphatic rings. The third kappa shape index (κ3) is 3.95. The van der Waals surface area contributed by atoms with Gasteiger partial charge >= 0.3 is 0 Å². The molecule has 2 amide bonds. The number of nitrogens with one attached hydrogen (secondary N) is 2. The van der Waals surface area contributed by atoms with Gasteiger partial charge in [0.25, 0.3) is 0 Å². The van der Waals surface area contributed by atoms with Gasteiger partial charge in [-0.3, -0.25) is 9.59 Å². The Hall–Kier alpha value is -1.59. The zero-order valence-electron chi connectivity index (χ0n) is 11.9. The van der Waals surface area contributed by atoms with Crippen LogP contribution in [0, 0.1) is 5.41 Å². The van der Waals surface area contributed by atoms with Crippen LogP contribution in [0.5, 0.6) is 0 Å². The van der Waals surface area contributed by atoms with E-state index >= 15 is 0 Å². The molecule has 0 radical (unpaired) electrons. The molecule has 0 aliphatic heterocycles. The number of hydrogen-bond donors (Lipinski definition) is 2. The van der Waals surface area contributed by atoms with Crippen LogP contribution in [0.25, 0.3) is 0 Å². The first-order valence-electron chi connectivity index (χ1n) is 6.93. The van der Waals surface area contributed by atoms with E-state index in [2.05, 4.69) is 10.6 Å². The fourth-order valence-electron chi connectivity index (χ4n) is 2.09. The predicted molar refractivity (Wildman–Crippen MR) is 81.3 cm³/mol. The lowest BCUT2D eigenvalue weighted by Crippen LogP contribution is -2.40. The Labute approximate surface area is 129 Å². The highest BCUT2D eigenvalue weighted by molar-refractivity contribution is 6.31. The first-order valence-corrected chi connectivity index (χ1v) is 7.30. The lowest BCUT2D eigenvalue weighted by molar-refractivity contribution is -0.134. The van der Waals surface area contributed by atoms with Gasteiger partial charge in [-0.25, -0.2) is 0 Å². The van der Waals surface area contributed by atoms with E-state index in [9.17, 15) is 9.59 Å². The second-order valence-corrected chi connectivity index (χ2v) is 5.59. The SMILES string of the molecule is COCCCNC(=O)C1(C(=O)Nc2cccc(Cl)c2)CC1. The Morgan fingerprint density at radius 3 is 2.71 bits per heavy atom. The number of amides is 2. The van der Waals surface area contributed by atoms with Gasteiger partial charge in [0.05, 0.1) is 0 Å². The first-order chi connectivity index (χ1) is 10.1. The van der Waals surface area contributed by atoms with Crippen molar-refractivity contribution >= 4 is 29.1 Å². The van der Waals surface area contributed by atoms with Crippen LogP contribution in [-0.2, 0) is 14.3 Å². The molecule has 5 nitrogen and oxygen atoms in total. The Bertz CT molecular complexity index is 529. The van der Waals surface area contributed by atoms with E-state index in [0.717, 1.165) is 6.42 Å². The number of halogens is 1. The van der Waals surface area contributed by atoms with Crippen LogP contribution in [0.1, 0.15) is 19.3 Å². The number of benzene rings is 1. The molecule has 2 N–H and O–H groups in total. The number of carbonyl (C=O) groups excluding carboxylic acids is 2. The van der Waals surface area contributed by atoms with Crippen molar-refractivity contribution in [3.05, 3.63) is 29.3 Å². The maximum absolute atomic E-state index is 12.3. The van der Waals surface area contributed by atoms with Crippen LogP contribution in [0.2, 0.25) is 5.02 Å². The average Bonchev–Trinajstić information content (AvgIpc) is 3.25. The van der Waals surface area contributed by atoms with Crippen LogP contribution >= 0.6 is 11.6 Å². The molecule has 0 heterocycles. The fraction of sp³-hybridized carbons (Fsp3) is 0.467. The van der Waals surface area contributed by atoms with E-state index < -0.39 is 5.41 Å². The lowest BCUT2D eigenvalue weighted by Gasteiger charge is -2.15. The fourth-order valence-corrected chi connectivity index (χ4v) is 2.28. The van der Waals surface area contributed by atoms with Crippen molar-refractivity contribution in [2.75, 3.05) is 25.6 Å². The molecule has 2 rings (SSSR count). The van der Waals surface area contributed by atoms with Gasteiger partial charge in [0, 0.05) is 31.0 Å². The van der Waals surface area contributed by atoms with E-state index in [4.69, 9.17) is 16.3 Å². The van der Waals surface area contributed by atoms with Crippen molar-refractivity contribution < 1.29 is 14.3 Å². The molecular weight excluding hydrogens is 292 g/mol. The van der Waals surface area contributed by atoms with Crippen LogP contribution in [0.15, 0.2) is 24.3 Å². The van der Waals surface area contributed by atoms with Crippen LogP contribution in [-0.4, -0.2) is 32.1 Å². The number of anilines is 1. The normalized spacial score (nSPS) is 15.3. The summed E-state index contributed by atoms with van der Waals surface area (Å²) in [7, 11) is 1.61. The van der Waals surface area contributed by atoms with Crippen molar-refractivity contribution in [3.8, 4) is 0 Å². The second-order valence-electron chi connectivity index (χ2n) is 5.15. The third-order valence-corrected chi connectivity index (χ3v) is 3.75. The molecule has 0 saturated heterocycles. The minimum atomic E-state index is -0.921. The standard InChI is InChI=1S/C15H19ClN2O3/c1-21-9-3-8-17-13(19)15(6-7-15)14(20)18-12-5-2-4-11(16)10-12/h2,4-5,10H,3,6-9H2,1H3,(H,17,19)(H,18,20). The van der Waals surface area contributed by atoms with Crippen molar-refractivity contribution in [3.63, 3.8) is 0 Å². The summed E-state index contributed by atoms with van der Waals surface area (Å²) in [5.41, 5.74) is -0.319. The van der Waals surface area contributed by atoms with Crippen LogP contribution in [0.4, 0.5) is 5.69 Å². The zero-order valence-corrected chi connectivity index (χ0v) is 12.7. The van der Waals surface area contributed by atoms with Gasteiger partial charge in [-0.05, 0) is 37.5 Å². The summed E-state index contributed by atoms with van der Waals surface area (Å²) in [6.07, 6.45) is 1.89. The maximum atomic E-state index is 12.3. The number of hydrogen-bond acceptors (Lipinski definition) is 3. The van der Waals surface area contributed by atoms with E-state index in [0.29, 0.717) is 36.7 Å². The average molecular weight is 311 g/mol. The monoisotopic (exact) mass is 310 g/mol. The predicted octanol–water partition coefficient (Wildman–Crippen LogP) is 2.21.